The zero-order valence-corrected chi connectivity index (χ0v) is 12.3. The number of thioether (sulfide) groups is 1. The lowest BCUT2D eigenvalue weighted by atomic mass is 10.1. The van der Waals surface area contributed by atoms with E-state index in [9.17, 15) is 9.50 Å². The Kier molecular flexibility index (Phi) is 5.96. The zero-order chi connectivity index (χ0) is 13.7. The van der Waals surface area contributed by atoms with E-state index in [1.54, 1.807) is 13.0 Å². The van der Waals surface area contributed by atoms with Gasteiger partial charge in [-0.2, -0.15) is 11.8 Å². The molecular weight excluding hydrogens is 249 g/mol. The van der Waals surface area contributed by atoms with Crippen molar-refractivity contribution in [3.05, 3.63) is 29.6 Å². The summed E-state index contributed by atoms with van der Waals surface area (Å²) in [6.07, 6.45) is 2.49. The van der Waals surface area contributed by atoms with E-state index >= 15 is 0 Å². The van der Waals surface area contributed by atoms with E-state index in [-0.39, 0.29) is 5.82 Å². The van der Waals surface area contributed by atoms with Crippen molar-refractivity contribution in [2.24, 2.45) is 0 Å². The van der Waals surface area contributed by atoms with Crippen LogP contribution < -0.4 is 4.90 Å². The smallest absolute Gasteiger partial charge is 0.123 e. The number of hydrogen-bond donors (Lipinski definition) is 1. The van der Waals surface area contributed by atoms with Gasteiger partial charge in [-0.15, -0.1) is 0 Å². The monoisotopic (exact) mass is 271 g/mol. The van der Waals surface area contributed by atoms with E-state index in [0.717, 1.165) is 17.9 Å². The van der Waals surface area contributed by atoms with Crippen molar-refractivity contribution in [2.45, 2.75) is 32.4 Å². The predicted octanol–water partition coefficient (Wildman–Crippen LogP) is 3.46. The first kappa shape index (κ1) is 15.3. The molecule has 0 spiro atoms. The van der Waals surface area contributed by atoms with Gasteiger partial charge in [0, 0.05) is 24.3 Å². The van der Waals surface area contributed by atoms with Crippen LogP contribution in [0.1, 0.15) is 31.9 Å². The summed E-state index contributed by atoms with van der Waals surface area (Å²) in [5.74, 6) is 0.788. The molecule has 0 saturated heterocycles. The molecule has 0 saturated carbocycles. The first-order valence-corrected chi connectivity index (χ1v) is 7.56. The van der Waals surface area contributed by atoms with E-state index in [4.69, 9.17) is 0 Å². The summed E-state index contributed by atoms with van der Waals surface area (Å²) in [7, 11) is 1.99. The van der Waals surface area contributed by atoms with Crippen LogP contribution in [0, 0.1) is 5.82 Å². The quantitative estimate of drug-likeness (QED) is 0.857. The van der Waals surface area contributed by atoms with Crippen molar-refractivity contribution in [1.29, 1.82) is 0 Å². The molecule has 0 amide bonds. The summed E-state index contributed by atoms with van der Waals surface area (Å²) in [6, 6.07) is 4.96. The molecule has 1 unspecified atom stereocenters. The molecule has 4 heteroatoms. The molecule has 0 aromatic heterocycles. The summed E-state index contributed by atoms with van der Waals surface area (Å²) in [5, 5.41) is 9.74. The molecule has 0 bridgehead atoms. The van der Waals surface area contributed by atoms with Gasteiger partial charge in [0.15, 0.2) is 0 Å². The minimum absolute atomic E-state index is 0.306. The standard InChI is InChI=1S/C14H22FNOS/c1-10(7-8-18-4)16(3)14-6-5-12(15)9-13(14)11(2)17/h5-6,9-11,17H,7-8H2,1-4H3/t10?,11-/m0/s1. The normalized spacial score (nSPS) is 14.3. The lowest BCUT2D eigenvalue weighted by Gasteiger charge is -2.29. The Bertz CT molecular complexity index is 384. The molecular formula is C14H22FNOS. The van der Waals surface area contributed by atoms with Crippen LogP contribution in [0.25, 0.3) is 0 Å². The Labute approximate surface area is 113 Å². The van der Waals surface area contributed by atoms with Crippen LogP contribution >= 0.6 is 11.8 Å². The van der Waals surface area contributed by atoms with Crippen LogP contribution in [0.4, 0.5) is 10.1 Å². The molecule has 0 aliphatic heterocycles. The predicted molar refractivity (Wildman–Crippen MR) is 77.9 cm³/mol. The molecule has 0 aliphatic rings. The van der Waals surface area contributed by atoms with E-state index < -0.39 is 6.10 Å². The number of rotatable bonds is 6. The number of halogens is 1. The summed E-state index contributed by atoms with van der Waals surface area (Å²) >= 11 is 1.82. The average Bonchev–Trinajstić information content (AvgIpc) is 2.34. The molecule has 0 aliphatic carbocycles. The highest BCUT2D eigenvalue weighted by Gasteiger charge is 2.16. The number of anilines is 1. The van der Waals surface area contributed by atoms with E-state index in [1.807, 2.05) is 18.8 Å². The second kappa shape index (κ2) is 7.00. The third kappa shape index (κ3) is 3.89. The Balaban J connectivity index is 2.93. The number of benzene rings is 1. The zero-order valence-electron chi connectivity index (χ0n) is 11.5. The van der Waals surface area contributed by atoms with Crippen molar-refractivity contribution in [2.75, 3.05) is 24.0 Å². The van der Waals surface area contributed by atoms with Gasteiger partial charge >= 0.3 is 0 Å². The Hall–Kier alpha value is -0.740. The van der Waals surface area contributed by atoms with Gasteiger partial charge in [0.1, 0.15) is 5.82 Å². The number of hydrogen-bond acceptors (Lipinski definition) is 3. The SMILES string of the molecule is CSCCC(C)N(C)c1ccc(F)cc1[C@H](C)O. The topological polar surface area (TPSA) is 23.5 Å². The third-order valence-corrected chi connectivity index (χ3v) is 3.86. The second-order valence-electron chi connectivity index (χ2n) is 4.62. The Morgan fingerprint density at radius 3 is 2.61 bits per heavy atom. The molecule has 2 nitrogen and oxygen atoms in total. The Morgan fingerprint density at radius 2 is 2.06 bits per heavy atom. The largest absolute Gasteiger partial charge is 0.389 e. The van der Waals surface area contributed by atoms with Gasteiger partial charge in [0.05, 0.1) is 6.10 Å². The first-order valence-electron chi connectivity index (χ1n) is 6.16. The lowest BCUT2D eigenvalue weighted by Crippen LogP contribution is -2.30. The van der Waals surface area contributed by atoms with Crippen molar-refractivity contribution >= 4 is 17.4 Å². The van der Waals surface area contributed by atoms with Crippen molar-refractivity contribution in [3.63, 3.8) is 0 Å². The maximum Gasteiger partial charge on any atom is 0.123 e. The fourth-order valence-electron chi connectivity index (χ4n) is 1.90. The first-order chi connectivity index (χ1) is 8.47. The molecule has 1 N–H and O–H groups in total. The van der Waals surface area contributed by atoms with Gasteiger partial charge in [-0.25, -0.2) is 4.39 Å². The van der Waals surface area contributed by atoms with Crippen LogP contribution in [-0.2, 0) is 0 Å². The molecule has 0 heterocycles. The van der Waals surface area contributed by atoms with Crippen LogP contribution in [0.2, 0.25) is 0 Å². The highest BCUT2D eigenvalue weighted by atomic mass is 32.2. The molecule has 2 atom stereocenters. The lowest BCUT2D eigenvalue weighted by molar-refractivity contribution is 0.199. The summed E-state index contributed by atoms with van der Waals surface area (Å²) in [5.41, 5.74) is 1.55. The van der Waals surface area contributed by atoms with Gasteiger partial charge in [-0.1, -0.05) is 0 Å². The van der Waals surface area contributed by atoms with Crippen LogP contribution in [0.3, 0.4) is 0 Å². The van der Waals surface area contributed by atoms with Gasteiger partial charge < -0.3 is 10.0 Å². The van der Waals surface area contributed by atoms with E-state index in [0.29, 0.717) is 11.6 Å². The van der Waals surface area contributed by atoms with Gasteiger partial charge in [0.2, 0.25) is 0 Å². The molecule has 1 aromatic rings. The van der Waals surface area contributed by atoms with Gasteiger partial charge in [-0.3, -0.25) is 0 Å². The molecule has 1 rings (SSSR count). The molecule has 102 valence electrons. The van der Waals surface area contributed by atoms with Crippen molar-refractivity contribution in [1.82, 2.24) is 0 Å². The minimum Gasteiger partial charge on any atom is -0.389 e. The van der Waals surface area contributed by atoms with Crippen molar-refractivity contribution < 1.29 is 9.50 Å². The summed E-state index contributed by atoms with van der Waals surface area (Å²) in [4.78, 5) is 2.11. The molecule has 1 aromatic carbocycles. The second-order valence-corrected chi connectivity index (χ2v) is 5.61. The molecule has 0 fully saturated rings. The van der Waals surface area contributed by atoms with E-state index in [1.165, 1.54) is 12.1 Å². The highest BCUT2D eigenvalue weighted by molar-refractivity contribution is 7.98. The van der Waals surface area contributed by atoms with Crippen LogP contribution in [0.15, 0.2) is 18.2 Å². The fraction of sp³-hybridized carbons (Fsp3) is 0.571. The average molecular weight is 271 g/mol. The van der Waals surface area contributed by atoms with Crippen LogP contribution in [0.5, 0.6) is 0 Å². The van der Waals surface area contributed by atoms with E-state index in [2.05, 4.69) is 18.1 Å². The van der Waals surface area contributed by atoms with Crippen LogP contribution in [-0.4, -0.2) is 30.2 Å². The van der Waals surface area contributed by atoms with Gasteiger partial charge in [-0.05, 0) is 50.5 Å². The maximum atomic E-state index is 13.2. The maximum absolute atomic E-state index is 13.2. The Morgan fingerprint density at radius 1 is 1.39 bits per heavy atom. The number of nitrogens with zero attached hydrogens (tertiary/aromatic N) is 1. The minimum atomic E-state index is -0.661. The fourth-order valence-corrected chi connectivity index (χ4v) is 2.48. The number of aliphatic hydroxyl groups is 1. The van der Waals surface area contributed by atoms with Gasteiger partial charge in [0.25, 0.3) is 0 Å². The summed E-state index contributed by atoms with van der Waals surface area (Å²) < 4.78 is 13.2. The van der Waals surface area contributed by atoms with Crippen molar-refractivity contribution in [3.8, 4) is 0 Å². The summed E-state index contributed by atoms with van der Waals surface area (Å²) in [6.45, 7) is 3.81. The third-order valence-electron chi connectivity index (χ3n) is 3.22. The molecule has 0 radical (unpaired) electrons. The number of aliphatic hydroxyl groups excluding tert-OH is 1. The highest BCUT2D eigenvalue weighted by Crippen LogP contribution is 2.28. The molecule has 18 heavy (non-hydrogen) atoms.